The fraction of sp³-hybridized carbons (Fsp3) is 0.190. The van der Waals surface area contributed by atoms with Crippen molar-refractivity contribution in [1.29, 1.82) is 0 Å². The quantitative estimate of drug-likeness (QED) is 0.652. The number of aliphatic hydroxyl groups excluding tert-OH is 1. The smallest absolute Gasteiger partial charge is 0.294 e. The van der Waals surface area contributed by atoms with Crippen LogP contribution in [-0.2, 0) is 9.59 Å². The molecule has 1 unspecified atom stereocenters. The minimum Gasteiger partial charge on any atom is -0.508 e. The van der Waals surface area contributed by atoms with E-state index in [0.29, 0.717) is 11.3 Å². The lowest BCUT2D eigenvalue weighted by molar-refractivity contribution is -0.135. The molecule has 0 bridgehead atoms. The highest BCUT2D eigenvalue weighted by atomic mass is 32.2. The maximum Gasteiger partial charge on any atom is 0.294 e. The molecule has 2 heterocycles. The molecule has 1 aromatic heterocycles. The highest BCUT2D eigenvalue weighted by Crippen LogP contribution is 2.30. The normalized spacial score (nSPS) is 16.6. The molecule has 8 nitrogen and oxygen atoms in total. The lowest BCUT2D eigenvalue weighted by atomic mass is 10.1. The van der Waals surface area contributed by atoms with E-state index < -0.39 is 29.7 Å². The molecule has 3 rings (SSSR count). The second kappa shape index (κ2) is 9.47. The monoisotopic (exact) mass is 428 g/mol. The zero-order chi connectivity index (χ0) is 21.7. The molecule has 2 aromatic rings. The molecule has 1 fully saturated rings. The summed E-state index contributed by atoms with van der Waals surface area (Å²) < 4.78 is 5.15. The number of phenols is 1. The second-order valence-electron chi connectivity index (χ2n) is 6.55. The zero-order valence-electron chi connectivity index (χ0n) is 16.1. The summed E-state index contributed by atoms with van der Waals surface area (Å²) in [6.45, 7) is -0.440. The van der Waals surface area contributed by atoms with E-state index in [0.717, 1.165) is 16.7 Å². The molecule has 0 saturated carbocycles. The van der Waals surface area contributed by atoms with E-state index in [1.165, 1.54) is 36.4 Å². The Bertz CT molecular complexity index is 981. The van der Waals surface area contributed by atoms with Crippen LogP contribution < -0.4 is 0 Å². The van der Waals surface area contributed by atoms with Crippen molar-refractivity contribution < 1.29 is 29.0 Å². The van der Waals surface area contributed by atoms with Gasteiger partial charge in [-0.2, -0.15) is 0 Å². The first kappa shape index (κ1) is 21.4. The molecule has 3 amide bonds. The van der Waals surface area contributed by atoms with Crippen molar-refractivity contribution in [3.63, 3.8) is 0 Å². The first-order valence-electron chi connectivity index (χ1n) is 9.01. The van der Waals surface area contributed by atoms with E-state index in [2.05, 4.69) is 0 Å². The summed E-state index contributed by atoms with van der Waals surface area (Å²) in [6.07, 6.45) is 5.29. The molecule has 1 aromatic carbocycles. The first-order chi connectivity index (χ1) is 14.3. The molecule has 0 spiro atoms. The van der Waals surface area contributed by atoms with Crippen molar-refractivity contribution in [2.75, 3.05) is 20.1 Å². The van der Waals surface area contributed by atoms with Crippen molar-refractivity contribution in [1.82, 2.24) is 9.80 Å². The Kier molecular flexibility index (Phi) is 6.76. The van der Waals surface area contributed by atoms with Gasteiger partial charge in [-0.05, 0) is 53.7 Å². The minimum absolute atomic E-state index is 0.0262. The Morgan fingerprint density at radius 2 is 2.00 bits per heavy atom. The number of amides is 3. The third-order valence-corrected chi connectivity index (χ3v) is 5.29. The number of furan rings is 1. The Balaban J connectivity index is 1.57. The van der Waals surface area contributed by atoms with Gasteiger partial charge in [-0.15, -0.1) is 0 Å². The molecule has 0 radical (unpaired) electrons. The summed E-state index contributed by atoms with van der Waals surface area (Å²) in [4.78, 5) is 39.4. The van der Waals surface area contributed by atoms with Crippen LogP contribution in [0, 0.1) is 0 Å². The largest absolute Gasteiger partial charge is 0.508 e. The van der Waals surface area contributed by atoms with Gasteiger partial charge in [0.05, 0.1) is 23.8 Å². The molecule has 30 heavy (non-hydrogen) atoms. The molecule has 156 valence electrons. The van der Waals surface area contributed by atoms with Gasteiger partial charge in [-0.3, -0.25) is 19.3 Å². The van der Waals surface area contributed by atoms with Crippen LogP contribution in [0.4, 0.5) is 4.79 Å². The number of aromatic hydroxyl groups is 1. The zero-order valence-corrected chi connectivity index (χ0v) is 16.9. The van der Waals surface area contributed by atoms with Gasteiger partial charge in [-0.25, -0.2) is 0 Å². The van der Waals surface area contributed by atoms with Crippen molar-refractivity contribution >= 4 is 34.9 Å². The number of nitrogens with zero attached hydrogens (tertiary/aromatic N) is 2. The molecule has 2 N–H and O–H groups in total. The topological polar surface area (TPSA) is 111 Å². The summed E-state index contributed by atoms with van der Waals surface area (Å²) in [6, 6.07) is 9.46. The van der Waals surface area contributed by atoms with E-state index in [9.17, 15) is 24.6 Å². The van der Waals surface area contributed by atoms with Crippen LogP contribution in [0.15, 0.2) is 64.1 Å². The fourth-order valence-electron chi connectivity index (χ4n) is 2.69. The van der Waals surface area contributed by atoms with Gasteiger partial charge in [0, 0.05) is 7.05 Å². The Labute approximate surface area is 177 Å². The van der Waals surface area contributed by atoms with E-state index in [4.69, 9.17) is 4.42 Å². The predicted octanol–water partition coefficient (Wildman–Crippen LogP) is 2.77. The standard InChI is InChI=1S/C21H20N2O6S/c1-22(12-17(25)14-7-9-15(24)10-8-14)19(26)13-23-20(27)18(30-21(23)28)6-2-4-16-5-3-11-29-16/h2-11,17,24-25H,12-13H2,1H3. The number of rotatable bonds is 7. The molecule has 0 aliphatic carbocycles. The van der Waals surface area contributed by atoms with Gasteiger partial charge < -0.3 is 19.5 Å². The number of benzene rings is 1. The molecule has 1 aliphatic heterocycles. The van der Waals surface area contributed by atoms with Crippen molar-refractivity contribution in [3.8, 4) is 5.75 Å². The third kappa shape index (κ3) is 5.19. The number of aliphatic hydroxyl groups is 1. The molecular weight excluding hydrogens is 408 g/mol. The number of imide groups is 1. The highest BCUT2D eigenvalue weighted by molar-refractivity contribution is 8.18. The minimum atomic E-state index is -0.971. The Morgan fingerprint density at radius 3 is 2.67 bits per heavy atom. The highest BCUT2D eigenvalue weighted by Gasteiger charge is 2.36. The van der Waals surface area contributed by atoms with Crippen molar-refractivity contribution in [2.45, 2.75) is 6.10 Å². The summed E-state index contributed by atoms with van der Waals surface area (Å²) in [7, 11) is 1.48. The van der Waals surface area contributed by atoms with Crippen molar-refractivity contribution in [2.24, 2.45) is 0 Å². The Hall–Kier alpha value is -3.30. The Morgan fingerprint density at radius 1 is 1.27 bits per heavy atom. The van der Waals surface area contributed by atoms with Gasteiger partial charge in [-0.1, -0.05) is 18.2 Å². The average Bonchev–Trinajstić information content (AvgIpc) is 3.32. The molecular formula is C21H20N2O6S. The molecule has 1 saturated heterocycles. The number of likely N-dealkylation sites (N-methyl/N-ethyl adjacent to an activating group) is 1. The van der Waals surface area contributed by atoms with Crippen LogP contribution in [0.25, 0.3) is 6.08 Å². The molecule has 1 aliphatic rings. The molecule has 1 atom stereocenters. The number of hydrogen-bond acceptors (Lipinski definition) is 7. The third-order valence-electron chi connectivity index (χ3n) is 4.37. The van der Waals surface area contributed by atoms with Crippen LogP contribution in [0.2, 0.25) is 0 Å². The maximum absolute atomic E-state index is 12.5. The lowest BCUT2D eigenvalue weighted by Crippen LogP contribution is -2.41. The van der Waals surface area contributed by atoms with Crippen molar-refractivity contribution in [3.05, 3.63) is 71.0 Å². The summed E-state index contributed by atoms with van der Waals surface area (Å²) in [5.41, 5.74) is 0.532. The van der Waals surface area contributed by atoms with Crippen LogP contribution in [0.3, 0.4) is 0 Å². The van der Waals surface area contributed by atoms with E-state index in [1.807, 2.05) is 0 Å². The summed E-state index contributed by atoms with van der Waals surface area (Å²) in [5.74, 6) is -0.353. The second-order valence-corrected chi connectivity index (χ2v) is 7.54. The lowest BCUT2D eigenvalue weighted by Gasteiger charge is -2.23. The number of carbonyl (C=O) groups excluding carboxylic acids is 3. The fourth-order valence-corrected chi connectivity index (χ4v) is 3.48. The number of carbonyl (C=O) groups is 3. The molecule has 9 heteroatoms. The van der Waals surface area contributed by atoms with Gasteiger partial charge in [0.15, 0.2) is 0 Å². The summed E-state index contributed by atoms with van der Waals surface area (Å²) in [5, 5.41) is 19.0. The van der Waals surface area contributed by atoms with Gasteiger partial charge in [0.25, 0.3) is 11.1 Å². The SMILES string of the molecule is CN(CC(O)c1ccc(O)cc1)C(=O)CN1C(=O)SC(=CC=Cc2ccco2)C1=O. The number of hydrogen-bond donors (Lipinski definition) is 2. The number of thioether (sulfide) groups is 1. The summed E-state index contributed by atoms with van der Waals surface area (Å²) >= 11 is 0.758. The van der Waals surface area contributed by atoms with Crippen LogP contribution in [0.5, 0.6) is 5.75 Å². The maximum atomic E-state index is 12.5. The number of allylic oxidation sites excluding steroid dienone is 2. The number of phenolic OH excluding ortho intramolecular Hbond substituents is 1. The van der Waals surface area contributed by atoms with E-state index >= 15 is 0 Å². The predicted molar refractivity (Wildman–Crippen MR) is 111 cm³/mol. The van der Waals surface area contributed by atoms with Crippen LogP contribution in [-0.4, -0.2) is 57.2 Å². The van der Waals surface area contributed by atoms with E-state index in [1.54, 1.807) is 36.4 Å². The van der Waals surface area contributed by atoms with Crippen LogP contribution in [0.1, 0.15) is 17.4 Å². The van der Waals surface area contributed by atoms with Gasteiger partial charge in [0.1, 0.15) is 18.1 Å². The first-order valence-corrected chi connectivity index (χ1v) is 9.83. The van der Waals surface area contributed by atoms with Gasteiger partial charge in [0.2, 0.25) is 5.91 Å². The van der Waals surface area contributed by atoms with Crippen LogP contribution >= 0.6 is 11.8 Å². The average molecular weight is 428 g/mol. The van der Waals surface area contributed by atoms with E-state index in [-0.39, 0.29) is 17.2 Å². The van der Waals surface area contributed by atoms with Gasteiger partial charge >= 0.3 is 0 Å².